The molecule has 0 saturated carbocycles. The predicted molar refractivity (Wildman–Crippen MR) is 117 cm³/mol. The summed E-state index contributed by atoms with van der Waals surface area (Å²) in [5.74, 6) is 0.477. The number of pyridine rings is 2. The highest BCUT2D eigenvalue weighted by atomic mass is 32.1. The second-order valence-corrected chi connectivity index (χ2v) is 8.72. The first-order valence-corrected chi connectivity index (χ1v) is 10.9. The lowest BCUT2D eigenvalue weighted by Gasteiger charge is -2.22. The molecule has 0 radical (unpaired) electrons. The Hall–Kier alpha value is -3.10. The fraction of sp³-hybridized carbons (Fsp3) is 0.227. The smallest absolute Gasteiger partial charge is 0.176 e. The second kappa shape index (κ2) is 7.00. The van der Waals surface area contributed by atoms with Crippen LogP contribution in [-0.2, 0) is 0 Å². The number of halogens is 1. The van der Waals surface area contributed by atoms with Crippen LogP contribution in [0.25, 0.3) is 43.6 Å². The third kappa shape index (κ3) is 2.91. The Balaban J connectivity index is 1.47. The van der Waals surface area contributed by atoms with Gasteiger partial charge in [-0.3, -0.25) is 15.1 Å². The molecule has 6 rings (SSSR count). The van der Waals surface area contributed by atoms with E-state index in [9.17, 15) is 4.39 Å². The van der Waals surface area contributed by atoms with E-state index in [-0.39, 0.29) is 5.13 Å². The molecule has 1 aliphatic heterocycles. The molecule has 0 aromatic carbocycles. The highest BCUT2D eigenvalue weighted by Gasteiger charge is 2.19. The van der Waals surface area contributed by atoms with Crippen LogP contribution < -0.4 is 5.32 Å². The van der Waals surface area contributed by atoms with Crippen LogP contribution in [0.5, 0.6) is 0 Å². The van der Waals surface area contributed by atoms with E-state index in [0.29, 0.717) is 5.92 Å². The lowest BCUT2D eigenvalue weighted by molar-refractivity contribution is 0.453. The van der Waals surface area contributed by atoms with Crippen LogP contribution in [0.3, 0.4) is 0 Å². The molecule has 0 unspecified atom stereocenters. The van der Waals surface area contributed by atoms with Gasteiger partial charge in [0.25, 0.3) is 0 Å². The number of aromatic nitrogens is 5. The van der Waals surface area contributed by atoms with Gasteiger partial charge in [-0.05, 0) is 50.2 Å². The van der Waals surface area contributed by atoms with Gasteiger partial charge in [0.05, 0.1) is 29.1 Å². The molecule has 0 amide bonds. The van der Waals surface area contributed by atoms with E-state index in [1.165, 1.54) is 6.07 Å². The number of nitrogens with zero attached hydrogens (tertiary/aromatic N) is 3. The fourth-order valence-electron chi connectivity index (χ4n) is 4.31. The molecule has 0 bridgehead atoms. The van der Waals surface area contributed by atoms with Crippen LogP contribution in [0.4, 0.5) is 4.39 Å². The van der Waals surface area contributed by atoms with Gasteiger partial charge < -0.3 is 10.3 Å². The van der Waals surface area contributed by atoms with E-state index >= 15 is 0 Å². The lowest BCUT2D eigenvalue weighted by Crippen LogP contribution is -2.27. The van der Waals surface area contributed by atoms with E-state index in [0.717, 1.165) is 86.6 Å². The van der Waals surface area contributed by atoms with Gasteiger partial charge in [0.1, 0.15) is 5.69 Å². The Morgan fingerprint density at radius 3 is 2.73 bits per heavy atom. The van der Waals surface area contributed by atoms with E-state index in [2.05, 4.69) is 42.6 Å². The third-order valence-electron chi connectivity index (χ3n) is 5.87. The molecule has 5 aromatic rings. The summed E-state index contributed by atoms with van der Waals surface area (Å²) < 4.78 is 13.6. The van der Waals surface area contributed by atoms with Crippen molar-refractivity contribution in [3.8, 4) is 21.8 Å². The minimum absolute atomic E-state index is 0.200. The minimum atomic E-state index is -0.200. The first-order valence-electron chi connectivity index (χ1n) is 10.0. The number of aromatic amines is 2. The van der Waals surface area contributed by atoms with Crippen molar-refractivity contribution in [3.05, 3.63) is 53.7 Å². The van der Waals surface area contributed by atoms with Crippen molar-refractivity contribution in [2.75, 3.05) is 13.1 Å². The number of hydrogen-bond acceptors (Lipinski definition) is 5. The molecule has 1 saturated heterocycles. The Bertz CT molecular complexity index is 1360. The van der Waals surface area contributed by atoms with Crippen LogP contribution in [-0.4, -0.2) is 38.2 Å². The van der Waals surface area contributed by atoms with Crippen molar-refractivity contribution in [1.29, 1.82) is 0 Å². The number of nitrogens with one attached hydrogen (secondary N) is 3. The van der Waals surface area contributed by atoms with Gasteiger partial charge in [0.2, 0.25) is 0 Å². The monoisotopic (exact) mass is 418 g/mol. The summed E-state index contributed by atoms with van der Waals surface area (Å²) in [6, 6.07) is 7.53. The molecule has 0 atom stereocenters. The first kappa shape index (κ1) is 17.7. The minimum Gasteiger partial charge on any atom is -0.352 e. The summed E-state index contributed by atoms with van der Waals surface area (Å²) in [6.45, 7) is 2.06. The zero-order valence-electron chi connectivity index (χ0n) is 16.1. The maximum Gasteiger partial charge on any atom is 0.176 e. The van der Waals surface area contributed by atoms with Crippen LogP contribution >= 0.6 is 11.3 Å². The van der Waals surface area contributed by atoms with Gasteiger partial charge >= 0.3 is 0 Å². The largest absolute Gasteiger partial charge is 0.352 e. The van der Waals surface area contributed by atoms with E-state index in [1.807, 2.05) is 6.20 Å². The lowest BCUT2D eigenvalue weighted by atomic mass is 9.93. The Morgan fingerprint density at radius 2 is 1.90 bits per heavy atom. The van der Waals surface area contributed by atoms with Crippen LogP contribution in [0.15, 0.2) is 42.9 Å². The van der Waals surface area contributed by atoms with Gasteiger partial charge in [0, 0.05) is 39.0 Å². The standard InChI is InChI=1S/C22H19FN6S/c23-21-2-1-20(30-21)15-9-25-10-18-13(15)7-17(27-18)22-14-8-16(12-3-5-24-6-4-12)26-11-19(14)28-29-22/h1-2,7-12,24,27H,3-6H2,(H,28,29). The summed E-state index contributed by atoms with van der Waals surface area (Å²) >= 11 is 1.13. The number of rotatable bonds is 3. The molecule has 150 valence electrons. The summed E-state index contributed by atoms with van der Waals surface area (Å²) in [5.41, 5.74) is 5.63. The van der Waals surface area contributed by atoms with Crippen molar-refractivity contribution in [1.82, 2.24) is 30.5 Å². The Kier molecular flexibility index (Phi) is 4.14. The average Bonchev–Trinajstić information content (AvgIpc) is 3.51. The van der Waals surface area contributed by atoms with Crippen LogP contribution in [0.1, 0.15) is 24.5 Å². The third-order valence-corrected chi connectivity index (χ3v) is 6.77. The van der Waals surface area contributed by atoms with Gasteiger partial charge in [0.15, 0.2) is 5.13 Å². The van der Waals surface area contributed by atoms with Gasteiger partial charge in [-0.2, -0.15) is 9.49 Å². The molecule has 3 N–H and O–H groups in total. The van der Waals surface area contributed by atoms with E-state index in [1.54, 1.807) is 18.5 Å². The number of H-pyrrole nitrogens is 2. The maximum atomic E-state index is 13.6. The molecule has 6 nitrogen and oxygen atoms in total. The van der Waals surface area contributed by atoms with Crippen molar-refractivity contribution >= 4 is 33.1 Å². The van der Waals surface area contributed by atoms with Crippen LogP contribution in [0, 0.1) is 5.13 Å². The number of thiophene rings is 1. The highest BCUT2D eigenvalue weighted by molar-refractivity contribution is 7.14. The summed E-state index contributed by atoms with van der Waals surface area (Å²) in [7, 11) is 0. The molecule has 5 aromatic heterocycles. The van der Waals surface area contributed by atoms with E-state index < -0.39 is 0 Å². The number of piperidine rings is 1. The van der Waals surface area contributed by atoms with Gasteiger partial charge in [-0.15, -0.1) is 11.3 Å². The maximum absolute atomic E-state index is 13.6. The molecular formula is C22H19FN6S. The molecule has 0 aliphatic carbocycles. The topological polar surface area (TPSA) is 82.3 Å². The quantitative estimate of drug-likeness (QED) is 0.392. The Labute approximate surface area is 175 Å². The van der Waals surface area contributed by atoms with Crippen molar-refractivity contribution in [2.45, 2.75) is 18.8 Å². The van der Waals surface area contributed by atoms with Crippen molar-refractivity contribution in [2.24, 2.45) is 0 Å². The first-order chi connectivity index (χ1) is 14.8. The molecular weight excluding hydrogens is 399 g/mol. The summed E-state index contributed by atoms with van der Waals surface area (Å²) in [5, 5.41) is 12.9. The zero-order chi connectivity index (χ0) is 20.1. The van der Waals surface area contributed by atoms with Crippen molar-refractivity contribution in [3.63, 3.8) is 0 Å². The molecule has 8 heteroatoms. The van der Waals surface area contributed by atoms with Gasteiger partial charge in [-0.1, -0.05) is 0 Å². The summed E-state index contributed by atoms with van der Waals surface area (Å²) in [6.07, 6.45) is 7.67. The fourth-order valence-corrected chi connectivity index (χ4v) is 5.07. The SMILES string of the molecule is Fc1ccc(-c2cncc3[nH]c(-c4n[nH]c5cnc(C6CCNCC6)cc45)cc23)s1. The Morgan fingerprint density at radius 1 is 1.00 bits per heavy atom. The van der Waals surface area contributed by atoms with Crippen LogP contribution in [0.2, 0.25) is 0 Å². The summed E-state index contributed by atoms with van der Waals surface area (Å²) in [4.78, 5) is 13.3. The average molecular weight is 419 g/mol. The number of fused-ring (bicyclic) bond motifs is 2. The van der Waals surface area contributed by atoms with E-state index in [4.69, 9.17) is 0 Å². The molecule has 30 heavy (non-hydrogen) atoms. The molecule has 1 aliphatic rings. The predicted octanol–water partition coefficient (Wildman–Crippen LogP) is 4.84. The second-order valence-electron chi connectivity index (χ2n) is 7.69. The highest BCUT2D eigenvalue weighted by Crippen LogP contribution is 2.36. The zero-order valence-corrected chi connectivity index (χ0v) is 16.9. The molecule has 0 spiro atoms. The molecule has 6 heterocycles. The van der Waals surface area contributed by atoms with Crippen molar-refractivity contribution < 1.29 is 4.39 Å². The normalized spacial score (nSPS) is 15.4. The number of hydrogen-bond donors (Lipinski definition) is 3. The van der Waals surface area contributed by atoms with Gasteiger partial charge in [-0.25, -0.2) is 0 Å². The molecule has 1 fully saturated rings.